The molecule has 1 aliphatic heterocycles. The van der Waals surface area contributed by atoms with Crippen LogP contribution in [-0.4, -0.2) is 41.9 Å². The summed E-state index contributed by atoms with van der Waals surface area (Å²) in [6, 6.07) is 9.49. The van der Waals surface area contributed by atoms with Crippen LogP contribution in [0.5, 0.6) is 5.75 Å². The first-order valence-electron chi connectivity index (χ1n) is 9.47. The van der Waals surface area contributed by atoms with Gasteiger partial charge in [-0.25, -0.2) is 0 Å². The fraction of sp³-hybridized carbons (Fsp3) is 0.429. The fourth-order valence-electron chi connectivity index (χ4n) is 3.53. The van der Waals surface area contributed by atoms with Crippen LogP contribution in [0.3, 0.4) is 0 Å². The molecule has 0 aliphatic carbocycles. The predicted molar refractivity (Wildman–Crippen MR) is 103 cm³/mol. The number of H-pyrrole nitrogens is 1. The number of aromatic amines is 1. The molecule has 27 heavy (non-hydrogen) atoms. The largest absolute Gasteiger partial charge is 0.497 e. The number of hydrogen-bond donors (Lipinski definition) is 2. The maximum Gasteiger partial charge on any atom is 0.255 e. The molecule has 0 bridgehead atoms. The number of carbonyl (C=O) groups excluding carboxylic acids is 2. The second-order valence-corrected chi connectivity index (χ2v) is 7.03. The standard InChI is InChI=1S/C21H27N3O3/c1-27-19-6-2-4-17(12-19)13-23-20(25)8-7-16-5-3-11-24(15-16)21(26)18-9-10-22-14-18/h2,4,6,9-10,12,14,16,22H,3,5,7-8,11,13,15H2,1H3,(H,23,25)/t16-/m1/s1. The number of nitrogens with one attached hydrogen (secondary N) is 2. The first-order valence-corrected chi connectivity index (χ1v) is 9.47. The van der Waals surface area contributed by atoms with Crippen molar-refractivity contribution in [3.63, 3.8) is 0 Å². The molecule has 144 valence electrons. The van der Waals surface area contributed by atoms with Gasteiger partial charge < -0.3 is 19.9 Å². The van der Waals surface area contributed by atoms with Gasteiger partial charge in [-0.05, 0) is 48.9 Å². The van der Waals surface area contributed by atoms with E-state index in [4.69, 9.17) is 4.74 Å². The molecular weight excluding hydrogens is 342 g/mol. The van der Waals surface area contributed by atoms with Crippen molar-refractivity contribution in [3.05, 3.63) is 53.9 Å². The Kier molecular flexibility index (Phi) is 6.52. The summed E-state index contributed by atoms with van der Waals surface area (Å²) in [6.07, 6.45) is 6.85. The Labute approximate surface area is 159 Å². The van der Waals surface area contributed by atoms with Gasteiger partial charge in [-0.2, -0.15) is 0 Å². The number of carbonyl (C=O) groups is 2. The Morgan fingerprint density at radius 1 is 1.33 bits per heavy atom. The van der Waals surface area contributed by atoms with Crippen LogP contribution in [0.4, 0.5) is 0 Å². The summed E-state index contributed by atoms with van der Waals surface area (Å²) in [5, 5.41) is 2.97. The summed E-state index contributed by atoms with van der Waals surface area (Å²) in [6.45, 7) is 2.02. The number of nitrogens with zero attached hydrogens (tertiary/aromatic N) is 1. The number of hydrogen-bond acceptors (Lipinski definition) is 3. The average molecular weight is 369 g/mol. The van der Waals surface area contributed by atoms with Gasteiger partial charge in [-0.15, -0.1) is 0 Å². The SMILES string of the molecule is COc1cccc(CNC(=O)CC[C@H]2CCCN(C(=O)c3cc[nH]c3)C2)c1. The minimum atomic E-state index is 0.0481. The Morgan fingerprint density at radius 3 is 3.00 bits per heavy atom. The van der Waals surface area contributed by atoms with Gasteiger partial charge in [0.05, 0.1) is 12.7 Å². The summed E-state index contributed by atoms with van der Waals surface area (Å²) < 4.78 is 5.20. The number of piperidine rings is 1. The molecule has 1 saturated heterocycles. The van der Waals surface area contributed by atoms with Crippen molar-refractivity contribution >= 4 is 11.8 Å². The third-order valence-electron chi connectivity index (χ3n) is 5.05. The van der Waals surface area contributed by atoms with Gasteiger partial charge in [0.2, 0.25) is 5.91 Å². The minimum Gasteiger partial charge on any atom is -0.497 e. The van der Waals surface area contributed by atoms with Crippen LogP contribution in [0.25, 0.3) is 0 Å². The monoisotopic (exact) mass is 369 g/mol. The van der Waals surface area contributed by atoms with Crippen molar-refractivity contribution in [1.29, 1.82) is 0 Å². The Hall–Kier alpha value is -2.76. The van der Waals surface area contributed by atoms with E-state index in [2.05, 4.69) is 10.3 Å². The zero-order valence-corrected chi connectivity index (χ0v) is 15.7. The summed E-state index contributed by atoms with van der Waals surface area (Å²) in [5.41, 5.74) is 1.72. The third-order valence-corrected chi connectivity index (χ3v) is 5.05. The second kappa shape index (κ2) is 9.26. The molecule has 6 heteroatoms. The number of benzene rings is 1. The van der Waals surface area contributed by atoms with E-state index in [0.29, 0.717) is 24.4 Å². The lowest BCUT2D eigenvalue weighted by Gasteiger charge is -2.32. The Bertz CT molecular complexity index is 758. The zero-order chi connectivity index (χ0) is 19.1. The molecule has 2 N–H and O–H groups in total. The first kappa shape index (κ1) is 19.0. The van der Waals surface area contributed by atoms with E-state index in [1.165, 1.54) is 0 Å². The van der Waals surface area contributed by atoms with Crippen molar-refractivity contribution in [3.8, 4) is 5.75 Å². The zero-order valence-electron chi connectivity index (χ0n) is 15.7. The highest BCUT2D eigenvalue weighted by Crippen LogP contribution is 2.22. The lowest BCUT2D eigenvalue weighted by atomic mass is 9.93. The highest BCUT2D eigenvalue weighted by molar-refractivity contribution is 5.94. The number of ether oxygens (including phenoxy) is 1. The van der Waals surface area contributed by atoms with E-state index < -0.39 is 0 Å². The van der Waals surface area contributed by atoms with Crippen LogP contribution in [0.15, 0.2) is 42.7 Å². The molecule has 2 aromatic rings. The van der Waals surface area contributed by atoms with Crippen molar-refractivity contribution < 1.29 is 14.3 Å². The molecule has 1 atom stereocenters. The molecule has 3 rings (SSSR count). The first-order chi connectivity index (χ1) is 13.2. The van der Waals surface area contributed by atoms with Crippen molar-refractivity contribution in [1.82, 2.24) is 15.2 Å². The highest BCUT2D eigenvalue weighted by atomic mass is 16.5. The maximum atomic E-state index is 12.5. The van der Waals surface area contributed by atoms with Gasteiger partial charge in [0.25, 0.3) is 5.91 Å². The van der Waals surface area contributed by atoms with Crippen LogP contribution in [0.1, 0.15) is 41.6 Å². The van der Waals surface area contributed by atoms with Crippen LogP contribution < -0.4 is 10.1 Å². The normalized spacial score (nSPS) is 16.8. The number of amides is 2. The number of methoxy groups -OCH3 is 1. The summed E-state index contributed by atoms with van der Waals surface area (Å²) in [5.74, 6) is 1.29. The molecule has 0 unspecified atom stereocenters. The van der Waals surface area contributed by atoms with Gasteiger partial charge in [0, 0.05) is 38.4 Å². The predicted octanol–water partition coefficient (Wildman–Crippen LogP) is 2.97. The van der Waals surface area contributed by atoms with Crippen LogP contribution in [0, 0.1) is 5.92 Å². The fourth-order valence-corrected chi connectivity index (χ4v) is 3.53. The van der Waals surface area contributed by atoms with Gasteiger partial charge in [0.15, 0.2) is 0 Å². The van der Waals surface area contributed by atoms with Gasteiger partial charge in [-0.1, -0.05) is 12.1 Å². The summed E-state index contributed by atoms with van der Waals surface area (Å²) >= 11 is 0. The quantitative estimate of drug-likeness (QED) is 0.788. The second-order valence-electron chi connectivity index (χ2n) is 7.03. The van der Waals surface area contributed by atoms with E-state index in [1.807, 2.05) is 29.2 Å². The molecule has 2 heterocycles. The molecular formula is C21H27N3O3. The molecule has 0 radical (unpaired) electrons. The maximum absolute atomic E-state index is 12.5. The van der Waals surface area contributed by atoms with Crippen LogP contribution in [-0.2, 0) is 11.3 Å². The summed E-state index contributed by atoms with van der Waals surface area (Å²) in [4.78, 5) is 29.5. The third kappa shape index (κ3) is 5.36. The van der Waals surface area contributed by atoms with E-state index in [1.54, 1.807) is 25.6 Å². The molecule has 1 aromatic heterocycles. The number of aromatic nitrogens is 1. The smallest absolute Gasteiger partial charge is 0.255 e. The van der Waals surface area contributed by atoms with Crippen LogP contribution in [0.2, 0.25) is 0 Å². The van der Waals surface area contributed by atoms with Crippen molar-refractivity contribution in [2.75, 3.05) is 20.2 Å². The number of rotatable bonds is 7. The van der Waals surface area contributed by atoms with E-state index in [-0.39, 0.29) is 11.8 Å². The lowest BCUT2D eigenvalue weighted by molar-refractivity contribution is -0.121. The van der Waals surface area contributed by atoms with E-state index in [0.717, 1.165) is 43.7 Å². The molecule has 6 nitrogen and oxygen atoms in total. The molecule has 1 aliphatic rings. The van der Waals surface area contributed by atoms with Gasteiger partial charge in [0.1, 0.15) is 5.75 Å². The molecule has 0 saturated carbocycles. The average Bonchev–Trinajstić information content (AvgIpc) is 3.25. The summed E-state index contributed by atoms with van der Waals surface area (Å²) in [7, 11) is 1.63. The highest BCUT2D eigenvalue weighted by Gasteiger charge is 2.25. The van der Waals surface area contributed by atoms with Crippen molar-refractivity contribution in [2.24, 2.45) is 5.92 Å². The minimum absolute atomic E-state index is 0.0481. The molecule has 2 amide bonds. The topological polar surface area (TPSA) is 74.4 Å². The Morgan fingerprint density at radius 2 is 2.22 bits per heavy atom. The van der Waals surface area contributed by atoms with E-state index >= 15 is 0 Å². The van der Waals surface area contributed by atoms with Crippen LogP contribution >= 0.6 is 0 Å². The number of likely N-dealkylation sites (tertiary alicyclic amines) is 1. The van der Waals surface area contributed by atoms with Gasteiger partial charge in [-0.3, -0.25) is 9.59 Å². The molecule has 1 fully saturated rings. The molecule has 1 aromatic carbocycles. The Balaban J connectivity index is 1.42. The van der Waals surface area contributed by atoms with Crippen molar-refractivity contribution in [2.45, 2.75) is 32.2 Å². The lowest BCUT2D eigenvalue weighted by Crippen LogP contribution is -2.40. The van der Waals surface area contributed by atoms with E-state index in [9.17, 15) is 9.59 Å². The molecule has 0 spiro atoms. The van der Waals surface area contributed by atoms with Gasteiger partial charge >= 0.3 is 0 Å².